The van der Waals surface area contributed by atoms with Gasteiger partial charge in [0, 0.05) is 161 Å². The second-order valence-corrected chi connectivity index (χ2v) is 29.6. The van der Waals surface area contributed by atoms with E-state index in [0.717, 1.165) is 61.8 Å². The molecule has 2 aromatic heterocycles. The number of ketones is 2. The molecular formula is C76H116N10O15S. The van der Waals surface area contributed by atoms with Crippen LogP contribution >= 0.6 is 12.2 Å². The standard InChI is InChI=1S/C76H116N10O15S/c1-49-18-14-13-15-19-51(3)62(94-9)42-59-23-21-56(8)76(93,101-59)70(90)71(91)86-26-17-16-20-60(86)72(92)99-64(43-63(95-10)52(4)39-55(7)68(89)69(97-12)67(88)54(6)38-49)53(5)40-57-22-24-61(65(41-57)96-11)100-75(102)81-48-58-46-79-74(80-47-58)85-33-31-83(32-34-85)66(87)25-36-98-37-35-82-27-29-84(30-28-82)73-77-44-50(2)45-78-73/h13-15,18-19,39,44-47,49,52-54,56-57,59-65,68-69,89,93H,16-17,20-38,40-43,48H2,1-12H3,(H,81,102)/b15-13+,18-14+,51-19+,55-39+/t49-,52-,53-,54-,56-,57+,59+,60+,61-,62+,63-,64+,65-,68-,69+,76-/m1/s1. The maximum atomic E-state index is 14.9. The number of aliphatic hydroxyl groups excluding tert-OH is 1. The summed E-state index contributed by atoms with van der Waals surface area (Å²) in [5, 5.41) is 27.4. The monoisotopic (exact) mass is 1440 g/mol. The van der Waals surface area contributed by atoms with Crippen LogP contribution in [0, 0.1) is 42.4 Å². The Bertz CT molecular complexity index is 3160. The summed E-state index contributed by atoms with van der Waals surface area (Å²) in [5.41, 5.74) is 3.26. The number of thiocarbonyl (C=S) groups is 1. The fourth-order valence-corrected chi connectivity index (χ4v) is 15.3. The van der Waals surface area contributed by atoms with E-state index < -0.39 is 77.9 Å². The maximum absolute atomic E-state index is 14.9. The Hall–Kier alpha value is -6.20. The summed E-state index contributed by atoms with van der Waals surface area (Å²) in [4.78, 5) is 99.3. The Balaban J connectivity index is 0.860. The molecule has 5 aliphatic heterocycles. The van der Waals surface area contributed by atoms with Crippen LogP contribution < -0.4 is 15.1 Å². The van der Waals surface area contributed by atoms with E-state index in [4.69, 9.17) is 50.1 Å². The van der Waals surface area contributed by atoms with Gasteiger partial charge in [-0.3, -0.25) is 24.1 Å². The molecule has 25 nitrogen and oxygen atoms in total. The molecule has 7 heterocycles. The van der Waals surface area contributed by atoms with Gasteiger partial charge in [-0.2, -0.15) is 0 Å². The highest BCUT2D eigenvalue weighted by atomic mass is 32.1. The summed E-state index contributed by atoms with van der Waals surface area (Å²) in [7, 11) is 6.26. The number of piperazine rings is 2. The van der Waals surface area contributed by atoms with Crippen LogP contribution in [0.5, 0.6) is 0 Å². The molecule has 4 saturated heterocycles. The van der Waals surface area contributed by atoms with Crippen LogP contribution in [0.1, 0.15) is 143 Å². The van der Waals surface area contributed by atoms with Crippen molar-refractivity contribution in [2.75, 3.05) is 117 Å². The highest BCUT2D eigenvalue weighted by molar-refractivity contribution is 7.80. The van der Waals surface area contributed by atoms with Crippen LogP contribution in [0.4, 0.5) is 11.9 Å². The summed E-state index contributed by atoms with van der Waals surface area (Å²) >= 11 is 5.75. The van der Waals surface area contributed by atoms with Gasteiger partial charge in [-0.25, -0.2) is 24.7 Å². The molecule has 8 rings (SSSR count). The van der Waals surface area contributed by atoms with Crippen molar-refractivity contribution in [1.29, 1.82) is 0 Å². The van der Waals surface area contributed by atoms with Crippen LogP contribution in [-0.4, -0.2) is 247 Å². The number of Topliss-reactive ketones (excluding diaryl/α,β-unsaturated/α-hetero) is 2. The largest absolute Gasteiger partial charge is 0.465 e. The van der Waals surface area contributed by atoms with Gasteiger partial charge in [0.1, 0.15) is 30.5 Å². The van der Waals surface area contributed by atoms with E-state index >= 15 is 0 Å². The normalized spacial score (nSPS) is 32.6. The van der Waals surface area contributed by atoms with Gasteiger partial charge in [-0.05, 0) is 132 Å². The fourth-order valence-electron chi connectivity index (χ4n) is 15.1. The lowest BCUT2D eigenvalue weighted by atomic mass is 9.78. The van der Waals surface area contributed by atoms with E-state index in [1.165, 1.54) is 12.0 Å². The molecule has 6 aliphatic rings. The number of esters is 1. The van der Waals surface area contributed by atoms with Crippen molar-refractivity contribution in [3.05, 3.63) is 83.5 Å². The van der Waals surface area contributed by atoms with Crippen molar-refractivity contribution >= 4 is 58.6 Å². The van der Waals surface area contributed by atoms with Crippen molar-refractivity contribution in [2.45, 2.75) is 206 Å². The van der Waals surface area contributed by atoms with Gasteiger partial charge in [0.05, 0.1) is 44.1 Å². The van der Waals surface area contributed by atoms with Gasteiger partial charge < -0.3 is 73.0 Å². The Morgan fingerprint density at radius 3 is 2.08 bits per heavy atom. The molecule has 566 valence electrons. The molecule has 1 aliphatic carbocycles. The average molecular weight is 1440 g/mol. The number of allylic oxidation sites excluding steroid dienone is 5. The van der Waals surface area contributed by atoms with Crippen molar-refractivity contribution in [2.24, 2.45) is 35.5 Å². The average Bonchev–Trinajstić information content (AvgIpc) is 0.773. The molecule has 0 aromatic carbocycles. The Labute approximate surface area is 609 Å². The Kier molecular flexibility index (Phi) is 31.8. The molecule has 2 aromatic rings. The van der Waals surface area contributed by atoms with E-state index in [1.54, 1.807) is 47.6 Å². The van der Waals surface area contributed by atoms with Crippen LogP contribution in [0.3, 0.4) is 0 Å². The number of aryl methyl sites for hydroxylation is 1. The first-order chi connectivity index (χ1) is 48.9. The number of fused-ring (bicyclic) bond motifs is 3. The molecule has 3 N–H and O–H groups in total. The number of hydrogen-bond acceptors (Lipinski definition) is 23. The number of piperidine rings is 1. The van der Waals surface area contributed by atoms with Gasteiger partial charge in [0.25, 0.3) is 16.9 Å². The number of aliphatic hydroxyl groups is 2. The lowest BCUT2D eigenvalue weighted by molar-refractivity contribution is -0.265. The zero-order chi connectivity index (χ0) is 73.6. The Morgan fingerprint density at radius 1 is 0.735 bits per heavy atom. The first-order valence-corrected chi connectivity index (χ1v) is 37.4. The topological polar surface area (TPSA) is 279 Å². The molecule has 0 spiro atoms. The van der Waals surface area contributed by atoms with Crippen LogP contribution in [0.15, 0.2) is 72.4 Å². The first kappa shape index (κ1) is 81.5. The van der Waals surface area contributed by atoms with Gasteiger partial charge >= 0.3 is 5.97 Å². The van der Waals surface area contributed by atoms with Gasteiger partial charge in [0.2, 0.25) is 23.6 Å². The van der Waals surface area contributed by atoms with Crippen molar-refractivity contribution < 1.29 is 72.1 Å². The number of carbonyl (C=O) groups excluding carboxylic acids is 5. The number of anilines is 2. The number of amides is 2. The molecule has 16 atom stereocenters. The third-order valence-electron chi connectivity index (χ3n) is 21.6. The highest BCUT2D eigenvalue weighted by Crippen LogP contribution is 2.39. The zero-order valence-corrected chi connectivity index (χ0v) is 63.3. The molecule has 0 radical (unpaired) electrons. The number of aromatic nitrogens is 4. The summed E-state index contributed by atoms with van der Waals surface area (Å²) < 4.78 is 49.1. The van der Waals surface area contributed by atoms with Gasteiger partial charge in [-0.1, -0.05) is 71.1 Å². The molecule has 2 amide bonds. The number of methoxy groups -OCH3 is 4. The lowest BCUT2D eigenvalue weighted by Crippen LogP contribution is -2.61. The predicted octanol–water partition coefficient (Wildman–Crippen LogP) is 7.49. The van der Waals surface area contributed by atoms with Crippen molar-refractivity contribution in [3.8, 4) is 0 Å². The third kappa shape index (κ3) is 22.7. The van der Waals surface area contributed by atoms with Crippen molar-refractivity contribution in [1.82, 2.24) is 40.0 Å². The number of nitrogens with zero attached hydrogens (tertiary/aromatic N) is 9. The molecule has 5 fully saturated rings. The molecular weight excluding hydrogens is 1320 g/mol. The number of rotatable bonds is 18. The smallest absolute Gasteiger partial charge is 0.329 e. The second kappa shape index (κ2) is 39.8. The summed E-state index contributed by atoms with van der Waals surface area (Å²) in [6.07, 6.45) is 19.7. The van der Waals surface area contributed by atoms with Crippen LogP contribution in [0.25, 0.3) is 0 Å². The van der Waals surface area contributed by atoms with E-state index in [1.807, 2.05) is 95.3 Å². The summed E-state index contributed by atoms with van der Waals surface area (Å²) in [6, 6.07) is -1.12. The summed E-state index contributed by atoms with van der Waals surface area (Å²) in [5.74, 6) is -5.65. The van der Waals surface area contributed by atoms with Crippen molar-refractivity contribution in [3.63, 3.8) is 0 Å². The van der Waals surface area contributed by atoms with E-state index in [-0.39, 0.29) is 72.1 Å². The number of nitrogens with one attached hydrogen (secondary N) is 1. The molecule has 26 heteroatoms. The molecule has 102 heavy (non-hydrogen) atoms. The van der Waals surface area contributed by atoms with Crippen LogP contribution in [0.2, 0.25) is 0 Å². The van der Waals surface area contributed by atoms with Crippen LogP contribution in [-0.2, 0) is 68.4 Å². The first-order valence-electron chi connectivity index (χ1n) is 37.0. The third-order valence-corrected chi connectivity index (χ3v) is 21.9. The number of hydrogen-bond donors (Lipinski definition) is 3. The fraction of sp³-hybridized carbons (Fsp3) is 0.711. The highest BCUT2D eigenvalue weighted by Gasteiger charge is 2.53. The summed E-state index contributed by atoms with van der Waals surface area (Å²) in [6.45, 7) is 23.4. The number of carbonyl (C=O) groups is 5. The number of ether oxygens (including phenoxy) is 8. The van der Waals surface area contributed by atoms with E-state index in [9.17, 15) is 34.2 Å². The second-order valence-electron chi connectivity index (χ2n) is 29.2. The molecule has 1 saturated carbocycles. The molecule has 0 unspecified atom stereocenters. The van der Waals surface area contributed by atoms with E-state index in [0.29, 0.717) is 122 Å². The van der Waals surface area contributed by atoms with E-state index in [2.05, 4.69) is 40.0 Å². The van der Waals surface area contributed by atoms with Gasteiger partial charge in [-0.15, -0.1) is 0 Å². The SMILES string of the molecule is CO[C@H]1C[C@@H]2CC[C@@H](C)[C@@](O)(O2)C(=O)C(=O)N2CCCC[C@H]2C(=O)O[C@H]([C@H](C)C[C@@H]2CC[C@@H](OC(=S)NCc3cnc(N4CCN(C(=O)CCOCCN5CCN(c6ncc(C)cn6)CC5)CC4)nc3)[C@H](OC)C2)C[C@@H](OC)[C@H](C)/C=C(\C)[C@@H](O)[C@@H](OC)C(=O)[C@H](C)C[C@H](C)/C=C/C=C/C=C/1C. The quantitative estimate of drug-likeness (QED) is 0.0428. The minimum atomic E-state index is -2.44. The number of cyclic esters (lactones) is 1. The lowest BCUT2D eigenvalue weighted by Gasteiger charge is -2.43. The molecule has 2 bridgehead atoms. The Morgan fingerprint density at radius 2 is 1.41 bits per heavy atom. The minimum Gasteiger partial charge on any atom is -0.465 e. The zero-order valence-electron chi connectivity index (χ0n) is 62.5. The maximum Gasteiger partial charge on any atom is 0.329 e. The van der Waals surface area contributed by atoms with Gasteiger partial charge in [0.15, 0.2) is 5.78 Å². The minimum absolute atomic E-state index is 0.0205. The predicted molar refractivity (Wildman–Crippen MR) is 391 cm³/mol.